The molecule has 0 fully saturated rings. The summed E-state index contributed by atoms with van der Waals surface area (Å²) in [6.45, 7) is 0.482. The van der Waals surface area contributed by atoms with Gasteiger partial charge in [-0.15, -0.1) is 0 Å². The largest absolute Gasteiger partial charge is 0.488 e. The first kappa shape index (κ1) is 18.6. The molecule has 0 atom stereocenters. The highest BCUT2D eigenvalue weighted by atomic mass is 79.9. The lowest BCUT2D eigenvalue weighted by Crippen LogP contribution is -2.03. The van der Waals surface area contributed by atoms with Gasteiger partial charge in [0.1, 0.15) is 12.4 Å². The van der Waals surface area contributed by atoms with Crippen molar-refractivity contribution in [1.29, 1.82) is 0 Å². The number of nitrogens with one attached hydrogen (secondary N) is 1. The molecule has 5 rings (SSSR count). The maximum atomic E-state index is 12.3. The lowest BCUT2D eigenvalue weighted by atomic mass is 10.0. The van der Waals surface area contributed by atoms with Crippen LogP contribution in [0.25, 0.3) is 22.4 Å². The number of benzene rings is 4. The number of fused-ring (bicyclic) bond motifs is 2. The average molecular weight is 456 g/mol. The Morgan fingerprint density at radius 2 is 1.70 bits per heavy atom. The van der Waals surface area contributed by atoms with Gasteiger partial charge in [0.25, 0.3) is 5.91 Å². The Hall–Kier alpha value is -3.37. The Balaban J connectivity index is 1.38. The van der Waals surface area contributed by atoms with Crippen LogP contribution in [0.1, 0.15) is 16.7 Å². The summed E-state index contributed by atoms with van der Waals surface area (Å²) in [7, 11) is 0. The van der Waals surface area contributed by atoms with E-state index in [0.29, 0.717) is 12.2 Å². The van der Waals surface area contributed by atoms with Crippen LogP contribution in [0.15, 0.2) is 89.4 Å². The second-order valence-electron chi connectivity index (χ2n) is 7.17. The molecule has 1 aliphatic heterocycles. The maximum absolute atomic E-state index is 12.3. The summed E-state index contributed by atoms with van der Waals surface area (Å²) in [5.74, 6) is 0.685. The summed E-state index contributed by atoms with van der Waals surface area (Å²) in [6, 6.07) is 28.1. The van der Waals surface area contributed by atoms with Crippen molar-refractivity contribution < 1.29 is 9.53 Å². The summed E-state index contributed by atoms with van der Waals surface area (Å²) >= 11 is 3.61. The molecule has 0 aliphatic carbocycles. The monoisotopic (exact) mass is 455 g/mol. The molecule has 0 spiro atoms. The first-order valence-electron chi connectivity index (χ1n) is 9.70. The van der Waals surface area contributed by atoms with Crippen molar-refractivity contribution in [2.24, 2.45) is 0 Å². The highest BCUT2D eigenvalue weighted by molar-refractivity contribution is 9.10. The maximum Gasteiger partial charge on any atom is 0.256 e. The molecule has 1 N–H and O–H groups in total. The predicted octanol–water partition coefficient (Wildman–Crippen LogP) is 6.67. The predicted molar refractivity (Wildman–Crippen MR) is 125 cm³/mol. The minimum Gasteiger partial charge on any atom is -0.488 e. The van der Waals surface area contributed by atoms with Gasteiger partial charge in [-0.1, -0.05) is 66.7 Å². The molecule has 1 amide bonds. The molecule has 146 valence electrons. The van der Waals surface area contributed by atoms with Crippen LogP contribution in [0.3, 0.4) is 0 Å². The van der Waals surface area contributed by atoms with Gasteiger partial charge in [-0.25, -0.2) is 0 Å². The third-order valence-corrected chi connectivity index (χ3v) is 5.86. The summed E-state index contributed by atoms with van der Waals surface area (Å²) in [4.78, 5) is 12.3. The van der Waals surface area contributed by atoms with Gasteiger partial charge in [-0.3, -0.25) is 4.79 Å². The van der Waals surface area contributed by atoms with Gasteiger partial charge in [0.05, 0.1) is 4.47 Å². The summed E-state index contributed by atoms with van der Waals surface area (Å²) in [5, 5.41) is 5.30. The number of ether oxygens (including phenoxy) is 1. The number of carbonyl (C=O) groups is 1. The quantitative estimate of drug-likeness (QED) is 0.348. The van der Waals surface area contributed by atoms with Crippen molar-refractivity contribution in [3.05, 3.63) is 106 Å². The third kappa shape index (κ3) is 3.51. The zero-order chi connectivity index (χ0) is 20.5. The molecule has 0 bridgehead atoms. The van der Waals surface area contributed by atoms with E-state index >= 15 is 0 Å². The lowest BCUT2D eigenvalue weighted by Gasteiger charge is -2.11. The average Bonchev–Trinajstić information content (AvgIpc) is 3.08. The number of para-hydroxylation sites is 1. The summed E-state index contributed by atoms with van der Waals surface area (Å²) in [6.07, 6.45) is 1.90. The van der Waals surface area contributed by atoms with Gasteiger partial charge < -0.3 is 10.1 Å². The van der Waals surface area contributed by atoms with Crippen molar-refractivity contribution in [3.8, 4) is 5.75 Å². The van der Waals surface area contributed by atoms with Crippen LogP contribution in [0, 0.1) is 0 Å². The fourth-order valence-electron chi connectivity index (χ4n) is 3.75. The first-order valence-corrected chi connectivity index (χ1v) is 10.5. The van der Waals surface area contributed by atoms with Gasteiger partial charge in [0.2, 0.25) is 0 Å². The minimum atomic E-state index is -0.0800. The zero-order valence-electron chi connectivity index (χ0n) is 16.1. The highest BCUT2D eigenvalue weighted by Gasteiger charge is 2.23. The first-order chi connectivity index (χ1) is 14.7. The number of hydrogen-bond donors (Lipinski definition) is 1. The summed E-state index contributed by atoms with van der Waals surface area (Å²) in [5.41, 5.74) is 4.52. The number of amides is 1. The summed E-state index contributed by atoms with van der Waals surface area (Å²) < 4.78 is 6.94. The topological polar surface area (TPSA) is 38.3 Å². The number of anilines is 1. The van der Waals surface area contributed by atoms with Crippen molar-refractivity contribution in [1.82, 2.24) is 0 Å². The fourth-order valence-corrected chi connectivity index (χ4v) is 4.26. The van der Waals surface area contributed by atoms with Crippen LogP contribution in [-0.4, -0.2) is 5.91 Å². The van der Waals surface area contributed by atoms with E-state index in [0.717, 1.165) is 32.6 Å². The molecule has 30 heavy (non-hydrogen) atoms. The molecule has 4 aromatic rings. The Morgan fingerprint density at radius 3 is 2.60 bits per heavy atom. The number of rotatable bonds is 4. The molecule has 1 aliphatic rings. The van der Waals surface area contributed by atoms with E-state index in [-0.39, 0.29) is 5.91 Å². The van der Waals surface area contributed by atoms with Crippen LogP contribution >= 0.6 is 15.9 Å². The molecule has 3 nitrogen and oxygen atoms in total. The Morgan fingerprint density at radius 1 is 0.900 bits per heavy atom. The second kappa shape index (κ2) is 7.81. The van der Waals surface area contributed by atoms with Gasteiger partial charge >= 0.3 is 0 Å². The molecule has 4 aromatic carbocycles. The Kier molecular flexibility index (Phi) is 4.85. The molecule has 4 heteroatoms. The molecular formula is C26H18BrNO2. The Bertz CT molecular complexity index is 1300. The van der Waals surface area contributed by atoms with E-state index in [4.69, 9.17) is 4.74 Å². The smallest absolute Gasteiger partial charge is 0.256 e. The van der Waals surface area contributed by atoms with Crippen LogP contribution in [0.4, 0.5) is 5.69 Å². The van der Waals surface area contributed by atoms with E-state index in [1.54, 1.807) is 0 Å². The highest BCUT2D eigenvalue weighted by Crippen LogP contribution is 2.34. The third-order valence-electron chi connectivity index (χ3n) is 5.24. The lowest BCUT2D eigenvalue weighted by molar-refractivity contribution is -0.110. The zero-order valence-corrected chi connectivity index (χ0v) is 17.6. The van der Waals surface area contributed by atoms with E-state index in [1.807, 2.05) is 60.7 Å². The number of hydrogen-bond acceptors (Lipinski definition) is 2. The van der Waals surface area contributed by atoms with Crippen molar-refractivity contribution in [2.45, 2.75) is 6.61 Å². The molecule has 0 aromatic heterocycles. The van der Waals surface area contributed by atoms with Crippen LogP contribution in [0.2, 0.25) is 0 Å². The van der Waals surface area contributed by atoms with Gasteiger partial charge in [-0.2, -0.15) is 0 Å². The minimum absolute atomic E-state index is 0.0800. The standard InChI is InChI=1S/C26H18BrNO2/c27-23-15-17(14-22-21-10-3-4-11-24(21)28-26(22)29)12-13-25(23)30-16-19-8-5-7-18-6-1-2-9-20(18)19/h1-15H,16H2,(H,28,29)/b22-14-. The normalized spacial score (nSPS) is 14.0. The molecule has 0 saturated heterocycles. The SMILES string of the molecule is O=C1Nc2ccccc2/C1=C/c1ccc(OCc2cccc3ccccc23)c(Br)c1. The molecule has 0 saturated carbocycles. The Labute approximate surface area is 183 Å². The van der Waals surface area contributed by atoms with Crippen LogP contribution in [0.5, 0.6) is 5.75 Å². The van der Waals surface area contributed by atoms with Crippen molar-refractivity contribution in [2.75, 3.05) is 5.32 Å². The molecule has 1 heterocycles. The van der Waals surface area contributed by atoms with E-state index in [9.17, 15) is 4.79 Å². The van der Waals surface area contributed by atoms with Gasteiger partial charge in [0.15, 0.2) is 0 Å². The van der Waals surface area contributed by atoms with Crippen molar-refractivity contribution >= 4 is 49.9 Å². The molecule has 0 radical (unpaired) electrons. The number of halogens is 1. The fraction of sp³-hybridized carbons (Fsp3) is 0.0385. The number of carbonyl (C=O) groups excluding carboxylic acids is 1. The van der Waals surface area contributed by atoms with E-state index in [2.05, 4.69) is 51.6 Å². The van der Waals surface area contributed by atoms with Gasteiger partial charge in [0, 0.05) is 16.8 Å². The van der Waals surface area contributed by atoms with Gasteiger partial charge in [-0.05, 0) is 62.1 Å². The van der Waals surface area contributed by atoms with E-state index < -0.39 is 0 Å². The van der Waals surface area contributed by atoms with Crippen molar-refractivity contribution in [3.63, 3.8) is 0 Å². The molecule has 0 unspecified atom stereocenters. The van der Waals surface area contributed by atoms with Crippen LogP contribution < -0.4 is 10.1 Å². The molecular weight excluding hydrogens is 438 g/mol. The second-order valence-corrected chi connectivity index (χ2v) is 8.03. The van der Waals surface area contributed by atoms with E-state index in [1.165, 1.54) is 10.8 Å². The van der Waals surface area contributed by atoms with Crippen LogP contribution in [-0.2, 0) is 11.4 Å².